The van der Waals surface area contributed by atoms with Crippen LogP contribution in [0.5, 0.6) is 0 Å². The third-order valence-electron chi connectivity index (χ3n) is 7.02. The molecule has 0 N–H and O–H groups in total. The Hall–Kier alpha value is -3.75. The molecule has 182 valence electrons. The number of nitrogens with zero attached hydrogens (tertiary/aromatic N) is 6. The summed E-state index contributed by atoms with van der Waals surface area (Å²) in [6.07, 6.45) is 4.38. The number of halogens is 1. The molecular weight excluding hydrogens is 447 g/mol. The van der Waals surface area contributed by atoms with E-state index in [9.17, 15) is 14.5 Å². The zero-order chi connectivity index (χ0) is 24.2. The first kappa shape index (κ1) is 23.0. The van der Waals surface area contributed by atoms with E-state index < -0.39 is 0 Å². The molecule has 35 heavy (non-hydrogen) atoms. The summed E-state index contributed by atoms with van der Waals surface area (Å²) in [5.74, 6) is 1.04. The number of para-hydroxylation sites is 1. The molecule has 2 aliphatic heterocycles. The van der Waals surface area contributed by atoms with Gasteiger partial charge in [-0.1, -0.05) is 42.5 Å². The normalized spacial score (nSPS) is 17.0. The molecule has 0 radical (unpaired) electrons. The summed E-state index contributed by atoms with van der Waals surface area (Å²) in [5, 5.41) is 12.2. The monoisotopic (exact) mass is 476 g/mol. The van der Waals surface area contributed by atoms with Gasteiger partial charge in [0.1, 0.15) is 12.1 Å². The number of aromatic nitrogens is 2. The van der Waals surface area contributed by atoms with Gasteiger partial charge >= 0.3 is 5.69 Å². The van der Waals surface area contributed by atoms with Crippen molar-refractivity contribution in [3.05, 3.63) is 82.4 Å². The number of rotatable bonds is 6. The lowest BCUT2D eigenvalue weighted by Crippen LogP contribution is -2.47. The van der Waals surface area contributed by atoms with Gasteiger partial charge in [-0.3, -0.25) is 10.1 Å². The van der Waals surface area contributed by atoms with Crippen molar-refractivity contribution in [3.8, 4) is 0 Å². The van der Waals surface area contributed by atoms with Gasteiger partial charge in [0.05, 0.1) is 10.6 Å². The second-order valence-corrected chi connectivity index (χ2v) is 9.17. The number of benzene rings is 2. The number of hydrogen-bond acceptors (Lipinski definition) is 7. The molecule has 2 saturated heterocycles. The van der Waals surface area contributed by atoms with Crippen molar-refractivity contribution in [2.24, 2.45) is 5.92 Å². The molecule has 0 spiro atoms. The molecular formula is C26H29FN6O2. The SMILES string of the molecule is O=[N+]([O-])c1c(N2CCC(Cc3ccccc3)CC2)ncnc1N1CCN(c2ccccc2F)CC1. The maximum atomic E-state index is 14.2. The van der Waals surface area contributed by atoms with Crippen molar-refractivity contribution >= 4 is 23.0 Å². The average Bonchev–Trinajstić information content (AvgIpc) is 2.90. The highest BCUT2D eigenvalue weighted by atomic mass is 19.1. The lowest BCUT2D eigenvalue weighted by molar-refractivity contribution is -0.383. The minimum atomic E-state index is -0.357. The van der Waals surface area contributed by atoms with Gasteiger partial charge in [-0.2, -0.15) is 0 Å². The molecule has 0 unspecified atom stereocenters. The van der Waals surface area contributed by atoms with Crippen LogP contribution < -0.4 is 14.7 Å². The molecule has 2 fully saturated rings. The van der Waals surface area contributed by atoms with Crippen LogP contribution in [0.2, 0.25) is 0 Å². The topological polar surface area (TPSA) is 78.6 Å². The molecule has 1 aromatic heterocycles. The van der Waals surface area contributed by atoms with Crippen LogP contribution in [-0.4, -0.2) is 54.2 Å². The van der Waals surface area contributed by atoms with Gasteiger partial charge in [0.15, 0.2) is 0 Å². The van der Waals surface area contributed by atoms with Crippen LogP contribution in [0.25, 0.3) is 0 Å². The van der Waals surface area contributed by atoms with Gasteiger partial charge in [-0.15, -0.1) is 0 Å². The summed E-state index contributed by atoms with van der Waals surface area (Å²) >= 11 is 0. The number of nitro groups is 1. The molecule has 0 aliphatic carbocycles. The van der Waals surface area contributed by atoms with E-state index in [1.807, 2.05) is 26.8 Å². The third-order valence-corrected chi connectivity index (χ3v) is 7.02. The summed E-state index contributed by atoms with van der Waals surface area (Å²) in [5.41, 5.74) is 1.85. The van der Waals surface area contributed by atoms with Crippen LogP contribution >= 0.6 is 0 Å². The highest BCUT2D eigenvalue weighted by Gasteiger charge is 2.33. The zero-order valence-corrected chi connectivity index (χ0v) is 19.6. The molecule has 0 atom stereocenters. The van der Waals surface area contributed by atoms with Crippen molar-refractivity contribution in [3.63, 3.8) is 0 Å². The molecule has 0 saturated carbocycles. The van der Waals surface area contributed by atoms with Crippen LogP contribution in [0.1, 0.15) is 18.4 Å². The Labute approximate surface area is 204 Å². The van der Waals surface area contributed by atoms with Crippen molar-refractivity contribution in [2.45, 2.75) is 19.3 Å². The Kier molecular flexibility index (Phi) is 6.74. The highest BCUT2D eigenvalue weighted by molar-refractivity contribution is 5.71. The van der Waals surface area contributed by atoms with E-state index in [-0.39, 0.29) is 16.4 Å². The van der Waals surface area contributed by atoms with E-state index in [2.05, 4.69) is 34.2 Å². The number of anilines is 3. The van der Waals surface area contributed by atoms with Crippen LogP contribution in [0.3, 0.4) is 0 Å². The van der Waals surface area contributed by atoms with Crippen LogP contribution in [-0.2, 0) is 6.42 Å². The molecule has 0 amide bonds. The predicted octanol–water partition coefficient (Wildman–Crippen LogP) is 4.31. The van der Waals surface area contributed by atoms with Crippen molar-refractivity contribution in [1.29, 1.82) is 0 Å². The van der Waals surface area contributed by atoms with Gasteiger partial charge in [-0.05, 0) is 42.9 Å². The minimum absolute atomic E-state index is 0.0339. The van der Waals surface area contributed by atoms with E-state index in [0.29, 0.717) is 49.4 Å². The summed E-state index contributed by atoms with van der Waals surface area (Å²) < 4.78 is 14.2. The second kappa shape index (κ2) is 10.2. The van der Waals surface area contributed by atoms with Crippen LogP contribution in [0.4, 0.5) is 27.4 Å². The number of piperidine rings is 1. The maximum absolute atomic E-state index is 14.2. The summed E-state index contributed by atoms with van der Waals surface area (Å²) in [7, 11) is 0. The van der Waals surface area contributed by atoms with Crippen molar-refractivity contribution in [1.82, 2.24) is 9.97 Å². The Morgan fingerprint density at radius 1 is 0.829 bits per heavy atom. The molecule has 8 nitrogen and oxygen atoms in total. The minimum Gasteiger partial charge on any atom is -0.366 e. The molecule has 0 bridgehead atoms. The van der Waals surface area contributed by atoms with E-state index in [1.165, 1.54) is 18.0 Å². The first-order valence-electron chi connectivity index (χ1n) is 12.1. The van der Waals surface area contributed by atoms with E-state index in [0.717, 1.165) is 32.4 Å². The van der Waals surface area contributed by atoms with Crippen LogP contribution in [0, 0.1) is 21.8 Å². The van der Waals surface area contributed by atoms with Crippen molar-refractivity contribution < 1.29 is 9.31 Å². The molecule has 2 aliphatic rings. The van der Waals surface area contributed by atoms with E-state index in [4.69, 9.17) is 0 Å². The fourth-order valence-corrected chi connectivity index (χ4v) is 5.15. The zero-order valence-electron chi connectivity index (χ0n) is 19.6. The Balaban J connectivity index is 1.28. The molecule has 2 aromatic carbocycles. The lowest BCUT2D eigenvalue weighted by Gasteiger charge is -2.37. The predicted molar refractivity (Wildman–Crippen MR) is 135 cm³/mol. The maximum Gasteiger partial charge on any atom is 0.353 e. The van der Waals surface area contributed by atoms with Crippen molar-refractivity contribution in [2.75, 3.05) is 54.0 Å². The van der Waals surface area contributed by atoms with Gasteiger partial charge in [-0.25, -0.2) is 14.4 Å². The quantitative estimate of drug-likeness (QED) is 0.387. The number of hydrogen-bond donors (Lipinski definition) is 0. The van der Waals surface area contributed by atoms with Gasteiger partial charge < -0.3 is 14.7 Å². The average molecular weight is 477 g/mol. The summed E-state index contributed by atoms with van der Waals surface area (Å²) in [6, 6.07) is 17.2. The second-order valence-electron chi connectivity index (χ2n) is 9.17. The Morgan fingerprint density at radius 3 is 2.03 bits per heavy atom. The summed E-state index contributed by atoms with van der Waals surface area (Å²) in [4.78, 5) is 26.4. The van der Waals surface area contributed by atoms with Gasteiger partial charge in [0.2, 0.25) is 11.6 Å². The largest absolute Gasteiger partial charge is 0.366 e. The molecule has 3 heterocycles. The Bertz CT molecular complexity index is 1160. The van der Waals surface area contributed by atoms with Gasteiger partial charge in [0, 0.05) is 39.3 Å². The summed E-state index contributed by atoms with van der Waals surface area (Å²) in [6.45, 7) is 3.62. The fourth-order valence-electron chi connectivity index (χ4n) is 5.15. The third kappa shape index (κ3) is 5.03. The molecule has 9 heteroatoms. The Morgan fingerprint density at radius 2 is 1.40 bits per heavy atom. The first-order valence-corrected chi connectivity index (χ1v) is 12.1. The lowest BCUT2D eigenvalue weighted by atomic mass is 9.90. The fraction of sp³-hybridized carbons (Fsp3) is 0.385. The molecule has 5 rings (SSSR count). The van der Waals surface area contributed by atoms with Gasteiger partial charge in [0.25, 0.3) is 0 Å². The standard InChI is InChI=1S/C26H29FN6O2/c27-22-8-4-5-9-23(22)30-14-16-32(17-15-30)26-24(33(34)35)25(28-19-29-26)31-12-10-21(11-13-31)18-20-6-2-1-3-7-20/h1-9,19,21H,10-18H2. The van der Waals surface area contributed by atoms with E-state index >= 15 is 0 Å². The smallest absolute Gasteiger partial charge is 0.353 e. The number of piperazine rings is 1. The van der Waals surface area contributed by atoms with E-state index in [1.54, 1.807) is 12.1 Å². The molecule has 3 aromatic rings. The first-order chi connectivity index (χ1) is 17.1. The van der Waals surface area contributed by atoms with Crippen LogP contribution in [0.15, 0.2) is 60.9 Å². The highest BCUT2D eigenvalue weighted by Crippen LogP contribution is 2.37.